The fraction of sp³-hybridized carbons (Fsp3) is 0.348. The van der Waals surface area contributed by atoms with E-state index in [1.807, 2.05) is 25.2 Å². The Hall–Kier alpha value is -3.09. The van der Waals surface area contributed by atoms with Crippen LogP contribution in [0.4, 0.5) is 0 Å². The highest BCUT2D eigenvalue weighted by Crippen LogP contribution is 2.32. The van der Waals surface area contributed by atoms with Gasteiger partial charge in [-0.05, 0) is 54.8 Å². The van der Waals surface area contributed by atoms with E-state index in [4.69, 9.17) is 9.47 Å². The number of benzene rings is 2. The smallest absolute Gasteiger partial charge is 0.243 e. The lowest BCUT2D eigenvalue weighted by atomic mass is 10.2. The predicted octanol–water partition coefficient (Wildman–Crippen LogP) is 2.40. The fourth-order valence-electron chi connectivity index (χ4n) is 3.98. The van der Waals surface area contributed by atoms with Crippen LogP contribution in [0, 0.1) is 0 Å². The Morgan fingerprint density at radius 3 is 2.57 bits per heavy atom. The van der Waals surface area contributed by atoms with Crippen LogP contribution in [0.2, 0.25) is 0 Å². The van der Waals surface area contributed by atoms with Gasteiger partial charge in [-0.15, -0.1) is 10.2 Å². The van der Waals surface area contributed by atoms with E-state index < -0.39 is 10.0 Å². The lowest BCUT2D eigenvalue weighted by molar-refractivity contribution is -0.118. The van der Waals surface area contributed by atoms with Crippen LogP contribution in [0.1, 0.15) is 18.4 Å². The SMILES string of the molecule is Cn1c(SCC(=O)NCc2ccc3c(c2)OCO3)nnc1-c1ccc(S(=O)(=O)N2CCCC2)cc1. The quantitative estimate of drug-likeness (QED) is 0.455. The maximum absolute atomic E-state index is 12.7. The minimum absolute atomic E-state index is 0.131. The summed E-state index contributed by atoms with van der Waals surface area (Å²) in [7, 11) is -1.64. The average Bonchev–Trinajstić information content (AvgIpc) is 3.63. The van der Waals surface area contributed by atoms with Gasteiger partial charge < -0.3 is 19.4 Å². The van der Waals surface area contributed by atoms with Gasteiger partial charge in [0.25, 0.3) is 0 Å². The molecule has 1 aromatic heterocycles. The normalized spacial score (nSPS) is 15.5. The van der Waals surface area contributed by atoms with E-state index in [9.17, 15) is 13.2 Å². The number of nitrogens with zero attached hydrogens (tertiary/aromatic N) is 4. The van der Waals surface area contributed by atoms with Crippen molar-refractivity contribution < 1.29 is 22.7 Å². The Morgan fingerprint density at radius 2 is 1.80 bits per heavy atom. The van der Waals surface area contributed by atoms with Crippen LogP contribution in [0.25, 0.3) is 11.4 Å². The second kappa shape index (κ2) is 9.88. The van der Waals surface area contributed by atoms with Crippen LogP contribution >= 0.6 is 11.8 Å². The lowest BCUT2D eigenvalue weighted by Gasteiger charge is -2.15. The van der Waals surface area contributed by atoms with Crippen LogP contribution < -0.4 is 14.8 Å². The lowest BCUT2D eigenvalue weighted by Crippen LogP contribution is -2.27. The Labute approximate surface area is 207 Å². The van der Waals surface area contributed by atoms with Crippen LogP contribution in [-0.2, 0) is 28.4 Å². The highest BCUT2D eigenvalue weighted by atomic mass is 32.2. The number of fused-ring (bicyclic) bond motifs is 1. The van der Waals surface area contributed by atoms with Crippen molar-refractivity contribution in [3.05, 3.63) is 48.0 Å². The number of nitrogens with one attached hydrogen (secondary N) is 1. The summed E-state index contributed by atoms with van der Waals surface area (Å²) < 4.78 is 39.4. The van der Waals surface area contributed by atoms with Crippen LogP contribution in [0.3, 0.4) is 0 Å². The molecule has 3 aromatic rings. The Kier molecular flexibility index (Phi) is 6.67. The van der Waals surface area contributed by atoms with Gasteiger partial charge in [0, 0.05) is 32.2 Å². The van der Waals surface area contributed by atoms with Crippen molar-refractivity contribution in [2.75, 3.05) is 25.6 Å². The van der Waals surface area contributed by atoms with Crippen molar-refractivity contribution in [3.8, 4) is 22.9 Å². The zero-order valence-electron chi connectivity index (χ0n) is 19.1. The first-order chi connectivity index (χ1) is 16.9. The van der Waals surface area contributed by atoms with Crippen molar-refractivity contribution in [3.63, 3.8) is 0 Å². The first-order valence-electron chi connectivity index (χ1n) is 11.2. The Morgan fingerprint density at radius 1 is 1.06 bits per heavy atom. The van der Waals surface area contributed by atoms with Crippen molar-refractivity contribution in [2.45, 2.75) is 29.4 Å². The Balaban J connectivity index is 1.18. The molecule has 12 heteroatoms. The van der Waals surface area contributed by atoms with Crippen LogP contribution in [0.15, 0.2) is 52.5 Å². The molecule has 0 unspecified atom stereocenters. The largest absolute Gasteiger partial charge is 0.454 e. The molecule has 184 valence electrons. The predicted molar refractivity (Wildman–Crippen MR) is 130 cm³/mol. The molecule has 0 atom stereocenters. The van der Waals surface area contributed by atoms with Crippen molar-refractivity contribution >= 4 is 27.7 Å². The number of amides is 1. The minimum atomic E-state index is -3.46. The zero-order chi connectivity index (χ0) is 24.4. The molecule has 10 nitrogen and oxygen atoms in total. The van der Waals surface area contributed by atoms with Gasteiger partial charge in [-0.3, -0.25) is 4.79 Å². The summed E-state index contributed by atoms with van der Waals surface area (Å²) >= 11 is 1.28. The molecular weight excluding hydrogens is 490 g/mol. The number of ether oxygens (including phenoxy) is 2. The Bertz CT molecular complexity index is 1330. The molecule has 0 radical (unpaired) electrons. The molecule has 0 saturated carbocycles. The molecule has 2 aromatic carbocycles. The van der Waals surface area contributed by atoms with Crippen molar-refractivity contribution in [2.24, 2.45) is 7.05 Å². The van der Waals surface area contributed by atoms with Gasteiger partial charge in [-0.1, -0.05) is 17.8 Å². The molecule has 0 aliphatic carbocycles. The molecule has 1 fully saturated rings. The summed E-state index contributed by atoms with van der Waals surface area (Å²) in [6.45, 7) is 1.73. The van der Waals surface area contributed by atoms with E-state index in [0.29, 0.717) is 42.1 Å². The molecular formula is C23H25N5O5S2. The van der Waals surface area contributed by atoms with Gasteiger partial charge in [0.2, 0.25) is 22.7 Å². The number of sulfonamides is 1. The molecule has 1 saturated heterocycles. The molecule has 5 rings (SSSR count). The van der Waals surface area contributed by atoms with Gasteiger partial charge in [-0.2, -0.15) is 4.31 Å². The van der Waals surface area contributed by atoms with E-state index in [2.05, 4.69) is 15.5 Å². The maximum Gasteiger partial charge on any atom is 0.243 e. The number of rotatable bonds is 8. The summed E-state index contributed by atoms with van der Waals surface area (Å²) in [6.07, 6.45) is 1.79. The molecule has 0 spiro atoms. The van der Waals surface area contributed by atoms with Crippen LogP contribution in [-0.4, -0.2) is 59.0 Å². The molecule has 0 bridgehead atoms. The first-order valence-corrected chi connectivity index (χ1v) is 13.6. The van der Waals surface area contributed by atoms with Gasteiger partial charge in [0.15, 0.2) is 22.5 Å². The summed E-state index contributed by atoms with van der Waals surface area (Å²) in [6, 6.07) is 12.2. The van der Waals surface area contributed by atoms with Crippen LogP contribution in [0.5, 0.6) is 11.5 Å². The summed E-state index contributed by atoms with van der Waals surface area (Å²) in [5, 5.41) is 11.9. The second-order valence-corrected chi connectivity index (χ2v) is 11.1. The number of carbonyl (C=O) groups excluding carboxylic acids is 1. The van der Waals surface area contributed by atoms with Gasteiger partial charge in [0.1, 0.15) is 0 Å². The molecule has 1 N–H and O–H groups in total. The minimum Gasteiger partial charge on any atom is -0.454 e. The number of carbonyl (C=O) groups is 1. The topological polar surface area (TPSA) is 116 Å². The zero-order valence-corrected chi connectivity index (χ0v) is 20.8. The van der Waals surface area contributed by atoms with Gasteiger partial charge >= 0.3 is 0 Å². The summed E-state index contributed by atoms with van der Waals surface area (Å²) in [4.78, 5) is 12.6. The molecule has 35 heavy (non-hydrogen) atoms. The standard InChI is InChI=1S/C23H25N5O5S2/c1-27-22(17-5-7-18(8-6-17)35(30,31)28-10-2-3-11-28)25-26-23(27)34-14-21(29)24-13-16-4-9-19-20(12-16)33-15-32-19/h4-9,12H,2-3,10-11,13-15H2,1H3,(H,24,29). The molecule has 1 amide bonds. The van der Waals surface area contributed by atoms with E-state index in [-0.39, 0.29) is 23.3 Å². The monoisotopic (exact) mass is 515 g/mol. The third kappa shape index (κ3) is 5.00. The summed E-state index contributed by atoms with van der Waals surface area (Å²) in [5.41, 5.74) is 1.67. The summed E-state index contributed by atoms with van der Waals surface area (Å²) in [5.74, 6) is 2.03. The molecule has 2 aliphatic rings. The van der Waals surface area contributed by atoms with Crippen molar-refractivity contribution in [1.29, 1.82) is 0 Å². The maximum atomic E-state index is 12.7. The number of thioether (sulfide) groups is 1. The van der Waals surface area contributed by atoms with Gasteiger partial charge in [-0.25, -0.2) is 8.42 Å². The van der Waals surface area contributed by atoms with E-state index in [1.165, 1.54) is 16.1 Å². The molecule has 3 heterocycles. The number of hydrogen-bond acceptors (Lipinski definition) is 8. The average molecular weight is 516 g/mol. The van der Waals surface area contributed by atoms with E-state index >= 15 is 0 Å². The molecule has 2 aliphatic heterocycles. The number of aromatic nitrogens is 3. The number of hydrogen-bond donors (Lipinski definition) is 1. The third-order valence-corrected chi connectivity index (χ3v) is 8.84. The van der Waals surface area contributed by atoms with E-state index in [1.54, 1.807) is 28.8 Å². The van der Waals surface area contributed by atoms with E-state index in [0.717, 1.165) is 24.0 Å². The third-order valence-electron chi connectivity index (χ3n) is 5.91. The highest BCUT2D eigenvalue weighted by Gasteiger charge is 2.27. The van der Waals surface area contributed by atoms with Crippen molar-refractivity contribution in [1.82, 2.24) is 24.4 Å². The fourth-order valence-corrected chi connectivity index (χ4v) is 6.24. The highest BCUT2D eigenvalue weighted by molar-refractivity contribution is 7.99. The van der Waals surface area contributed by atoms with Gasteiger partial charge in [0.05, 0.1) is 10.6 Å². The first kappa shape index (κ1) is 23.6. The second-order valence-electron chi connectivity index (χ2n) is 8.25.